The maximum Gasteiger partial charge on any atom is 0.303 e. The lowest BCUT2D eigenvalue weighted by molar-refractivity contribution is -0.138. The Kier molecular flexibility index (Phi) is 4.29. The number of hydrogen-bond acceptors (Lipinski definition) is 2. The zero-order valence-corrected chi connectivity index (χ0v) is 16.2. The normalized spacial score (nSPS) is 43.2. The molecule has 0 amide bonds. The zero-order valence-electron chi connectivity index (χ0n) is 16.2. The van der Waals surface area contributed by atoms with Crippen LogP contribution in [-0.2, 0) is 9.59 Å². The summed E-state index contributed by atoms with van der Waals surface area (Å²) in [6, 6.07) is 0. The summed E-state index contributed by atoms with van der Waals surface area (Å²) in [7, 11) is 0. The first-order valence-electron chi connectivity index (χ1n) is 9.67. The molecule has 2 saturated carbocycles. The van der Waals surface area contributed by atoms with Gasteiger partial charge in [-0.25, -0.2) is 0 Å². The van der Waals surface area contributed by atoms with E-state index in [4.69, 9.17) is 0 Å². The molecular formula is C22H32O3. The molecular weight excluding hydrogens is 312 g/mol. The maximum absolute atomic E-state index is 12.6. The molecule has 3 rings (SSSR count). The van der Waals surface area contributed by atoms with E-state index in [0.29, 0.717) is 30.5 Å². The van der Waals surface area contributed by atoms with Crippen molar-refractivity contribution >= 4 is 11.8 Å². The number of ketones is 1. The first kappa shape index (κ1) is 18.4. The molecule has 0 aromatic heterocycles. The van der Waals surface area contributed by atoms with E-state index < -0.39 is 5.97 Å². The number of hydrogen-bond donors (Lipinski definition) is 1. The zero-order chi connectivity index (χ0) is 18.6. The third-order valence-electron chi connectivity index (χ3n) is 8.27. The van der Waals surface area contributed by atoms with Crippen molar-refractivity contribution in [2.75, 3.05) is 0 Å². The minimum absolute atomic E-state index is 0.0580. The van der Waals surface area contributed by atoms with Gasteiger partial charge in [-0.3, -0.25) is 9.59 Å². The summed E-state index contributed by atoms with van der Waals surface area (Å²) in [4.78, 5) is 23.9. The fraction of sp³-hybridized carbons (Fsp3) is 0.727. The van der Waals surface area contributed by atoms with Crippen LogP contribution in [0.25, 0.3) is 0 Å². The fourth-order valence-electron chi connectivity index (χ4n) is 6.37. The molecule has 0 aromatic carbocycles. The predicted molar refractivity (Wildman–Crippen MR) is 99.2 cm³/mol. The van der Waals surface area contributed by atoms with Crippen molar-refractivity contribution in [1.29, 1.82) is 0 Å². The summed E-state index contributed by atoms with van der Waals surface area (Å²) in [5.41, 5.74) is 2.22. The largest absolute Gasteiger partial charge is 0.481 e. The molecule has 0 radical (unpaired) electrons. The van der Waals surface area contributed by atoms with Crippen molar-refractivity contribution in [2.24, 2.45) is 28.1 Å². The second kappa shape index (κ2) is 5.82. The molecule has 3 nitrogen and oxygen atoms in total. The van der Waals surface area contributed by atoms with Crippen molar-refractivity contribution in [3.8, 4) is 0 Å². The highest BCUT2D eigenvalue weighted by Crippen LogP contribution is 2.68. The van der Waals surface area contributed by atoms with E-state index in [9.17, 15) is 14.7 Å². The van der Waals surface area contributed by atoms with Gasteiger partial charge in [0.15, 0.2) is 0 Å². The minimum Gasteiger partial charge on any atom is -0.481 e. The molecule has 0 aromatic rings. The average molecular weight is 344 g/mol. The fourth-order valence-corrected chi connectivity index (χ4v) is 6.37. The summed E-state index contributed by atoms with van der Waals surface area (Å²) in [5, 5.41) is 9.27. The van der Waals surface area contributed by atoms with Gasteiger partial charge in [-0.1, -0.05) is 44.6 Å². The Morgan fingerprint density at radius 3 is 2.56 bits per heavy atom. The molecule has 0 saturated heterocycles. The Balaban J connectivity index is 2.04. The Morgan fingerprint density at radius 2 is 1.96 bits per heavy atom. The smallest absolute Gasteiger partial charge is 0.303 e. The molecule has 0 heterocycles. The Morgan fingerprint density at radius 1 is 1.28 bits per heavy atom. The van der Waals surface area contributed by atoms with Gasteiger partial charge >= 0.3 is 5.97 Å². The molecule has 0 bridgehead atoms. The van der Waals surface area contributed by atoms with Crippen LogP contribution in [0.4, 0.5) is 0 Å². The number of fused-ring (bicyclic) bond motifs is 3. The molecule has 3 aliphatic carbocycles. The van der Waals surface area contributed by atoms with E-state index in [1.165, 1.54) is 5.57 Å². The molecule has 138 valence electrons. The summed E-state index contributed by atoms with van der Waals surface area (Å²) in [5.74, 6) is 0.390. The van der Waals surface area contributed by atoms with Crippen molar-refractivity contribution in [1.82, 2.24) is 0 Å². The van der Waals surface area contributed by atoms with Gasteiger partial charge in [-0.2, -0.15) is 0 Å². The van der Waals surface area contributed by atoms with Gasteiger partial charge in [-0.15, -0.1) is 0 Å². The topological polar surface area (TPSA) is 54.4 Å². The van der Waals surface area contributed by atoms with Crippen LogP contribution >= 0.6 is 0 Å². The maximum atomic E-state index is 12.6. The lowest BCUT2D eigenvalue weighted by atomic mass is 9.45. The van der Waals surface area contributed by atoms with Crippen LogP contribution in [0.1, 0.15) is 72.6 Å². The lowest BCUT2D eigenvalue weighted by Crippen LogP contribution is -2.51. The number of carbonyl (C=O) groups is 2. The van der Waals surface area contributed by atoms with Gasteiger partial charge in [-0.05, 0) is 56.3 Å². The Bertz CT molecular complexity index is 660. The van der Waals surface area contributed by atoms with E-state index in [1.807, 2.05) is 0 Å². The van der Waals surface area contributed by atoms with Gasteiger partial charge in [0.05, 0.1) is 0 Å². The Hall–Kier alpha value is -1.38. The first-order valence-corrected chi connectivity index (χ1v) is 9.67. The predicted octanol–water partition coefficient (Wildman–Crippen LogP) is 5.17. The van der Waals surface area contributed by atoms with E-state index in [2.05, 4.69) is 40.3 Å². The monoisotopic (exact) mass is 344 g/mol. The number of allylic oxidation sites excluding steroid dienone is 3. The van der Waals surface area contributed by atoms with E-state index in [-0.39, 0.29) is 22.7 Å². The molecule has 1 N–H and O–H groups in total. The molecule has 25 heavy (non-hydrogen) atoms. The average Bonchev–Trinajstić information content (AvgIpc) is 2.77. The highest BCUT2D eigenvalue weighted by molar-refractivity contribution is 5.89. The first-order chi connectivity index (χ1) is 11.6. The number of carboxylic acid groups (broad SMARTS) is 1. The highest BCUT2D eigenvalue weighted by Gasteiger charge is 2.62. The standard InChI is InChI=1S/C22H32O3/c1-14(2)15-6-7-17-16(20(15,3)11-10-19(24)25)8-12-22(5)18(23)9-13-21(17,22)4/h7,15-16H,1,6,8-13H2,2-5H3,(H,24,25). The highest BCUT2D eigenvalue weighted by atomic mass is 16.4. The summed E-state index contributed by atoms with van der Waals surface area (Å²) in [6.07, 6.45) is 7.75. The molecule has 3 heteroatoms. The number of carboxylic acids is 1. The van der Waals surface area contributed by atoms with Crippen molar-refractivity contribution in [3.63, 3.8) is 0 Å². The van der Waals surface area contributed by atoms with Crippen LogP contribution in [0.2, 0.25) is 0 Å². The molecule has 3 aliphatic rings. The molecule has 5 unspecified atom stereocenters. The van der Waals surface area contributed by atoms with Crippen LogP contribution < -0.4 is 0 Å². The van der Waals surface area contributed by atoms with Gasteiger partial charge in [0.25, 0.3) is 0 Å². The molecule has 0 spiro atoms. The van der Waals surface area contributed by atoms with Crippen molar-refractivity contribution in [3.05, 3.63) is 23.8 Å². The number of carbonyl (C=O) groups excluding carboxylic acids is 1. The van der Waals surface area contributed by atoms with Crippen molar-refractivity contribution in [2.45, 2.75) is 72.6 Å². The summed E-state index contributed by atoms with van der Waals surface area (Å²) in [6.45, 7) is 13.0. The number of Topliss-reactive ketones (excluding diaryl/α,β-unsaturated/α-hetero) is 1. The van der Waals surface area contributed by atoms with Gasteiger partial charge in [0, 0.05) is 23.7 Å². The summed E-state index contributed by atoms with van der Waals surface area (Å²) < 4.78 is 0. The second-order valence-corrected chi connectivity index (χ2v) is 9.37. The molecule has 2 fully saturated rings. The van der Waals surface area contributed by atoms with Crippen LogP contribution in [0, 0.1) is 28.1 Å². The van der Waals surface area contributed by atoms with Gasteiger partial charge in [0.2, 0.25) is 0 Å². The van der Waals surface area contributed by atoms with E-state index in [1.54, 1.807) is 0 Å². The van der Waals surface area contributed by atoms with Gasteiger partial charge in [0.1, 0.15) is 5.78 Å². The third kappa shape index (κ3) is 2.45. The third-order valence-corrected chi connectivity index (χ3v) is 8.27. The molecule has 5 atom stereocenters. The van der Waals surface area contributed by atoms with E-state index >= 15 is 0 Å². The summed E-state index contributed by atoms with van der Waals surface area (Å²) >= 11 is 0. The quantitative estimate of drug-likeness (QED) is 0.716. The molecule has 0 aliphatic heterocycles. The van der Waals surface area contributed by atoms with Crippen LogP contribution in [0.15, 0.2) is 23.8 Å². The van der Waals surface area contributed by atoms with E-state index in [0.717, 1.165) is 31.3 Å². The van der Waals surface area contributed by atoms with Gasteiger partial charge < -0.3 is 5.11 Å². The second-order valence-electron chi connectivity index (χ2n) is 9.37. The minimum atomic E-state index is -0.722. The SMILES string of the molecule is C=C(C)C1CC=C2C(CCC3(C)C(=O)CCC23C)C1(C)CCC(=O)O. The number of rotatable bonds is 4. The Labute approximate surface area is 151 Å². The van der Waals surface area contributed by atoms with Crippen LogP contribution in [-0.4, -0.2) is 16.9 Å². The van der Waals surface area contributed by atoms with Crippen LogP contribution in [0.5, 0.6) is 0 Å². The van der Waals surface area contributed by atoms with Crippen LogP contribution in [0.3, 0.4) is 0 Å². The number of aliphatic carboxylic acids is 1. The van der Waals surface area contributed by atoms with Crippen molar-refractivity contribution < 1.29 is 14.7 Å². The lowest BCUT2D eigenvalue weighted by Gasteiger charge is -2.58.